The number of hydrogen-bond acceptors (Lipinski definition) is 8. The molecule has 0 N–H and O–H groups in total. The fourth-order valence-corrected chi connectivity index (χ4v) is 3.13. The summed E-state index contributed by atoms with van der Waals surface area (Å²) < 4.78 is 19.7. The van der Waals surface area contributed by atoms with Crippen LogP contribution < -0.4 is 0 Å². The molecular weight excluding hydrogens is 380 g/mol. The van der Waals surface area contributed by atoms with Crippen molar-refractivity contribution in [1.82, 2.24) is 0 Å². The van der Waals surface area contributed by atoms with E-state index in [-0.39, 0.29) is 25.4 Å². The molecule has 2 atom stereocenters. The molecule has 0 amide bonds. The summed E-state index contributed by atoms with van der Waals surface area (Å²) in [6.07, 6.45) is 1.29. The highest BCUT2D eigenvalue weighted by Crippen LogP contribution is 2.37. The van der Waals surface area contributed by atoms with E-state index in [1.807, 2.05) is 6.07 Å². The summed E-state index contributed by atoms with van der Waals surface area (Å²) in [5.74, 6) is -6.08. The molecule has 0 saturated carbocycles. The van der Waals surface area contributed by atoms with Gasteiger partial charge in [-0.25, -0.2) is 4.79 Å². The maximum atomic E-state index is 12.7. The molecule has 0 aliphatic carbocycles. The maximum absolute atomic E-state index is 12.7. The summed E-state index contributed by atoms with van der Waals surface area (Å²) in [5.41, 5.74) is 0.724. The van der Waals surface area contributed by atoms with Crippen LogP contribution in [-0.4, -0.2) is 44.2 Å². The van der Waals surface area contributed by atoms with Crippen LogP contribution in [0.2, 0.25) is 0 Å². The van der Waals surface area contributed by atoms with Crippen molar-refractivity contribution in [1.29, 1.82) is 0 Å². The molecule has 0 fully saturated rings. The largest absolute Gasteiger partial charge is 0.465 e. The molecule has 0 saturated heterocycles. The van der Waals surface area contributed by atoms with Gasteiger partial charge in [0.2, 0.25) is 5.76 Å². The Balaban J connectivity index is 2.41. The van der Waals surface area contributed by atoms with Crippen LogP contribution >= 0.6 is 0 Å². The fraction of sp³-hybridized carbons (Fsp3) is 0.429. The third-order valence-electron chi connectivity index (χ3n) is 4.48. The van der Waals surface area contributed by atoms with Gasteiger partial charge in [0.25, 0.3) is 0 Å². The maximum Gasteiger partial charge on any atom is 0.373 e. The highest BCUT2D eigenvalue weighted by Gasteiger charge is 2.42. The Morgan fingerprint density at radius 3 is 2.14 bits per heavy atom. The number of methoxy groups -OCH3 is 1. The molecule has 1 aromatic rings. The van der Waals surface area contributed by atoms with Gasteiger partial charge < -0.3 is 18.9 Å². The predicted octanol–water partition coefficient (Wildman–Crippen LogP) is 2.13. The predicted molar refractivity (Wildman–Crippen MR) is 100 cm³/mol. The van der Waals surface area contributed by atoms with Gasteiger partial charge in [0.05, 0.1) is 26.2 Å². The van der Waals surface area contributed by atoms with Crippen molar-refractivity contribution in [3.05, 3.63) is 47.7 Å². The minimum atomic E-state index is -1.29. The van der Waals surface area contributed by atoms with Crippen LogP contribution in [0.1, 0.15) is 31.7 Å². The lowest BCUT2D eigenvalue weighted by Crippen LogP contribution is -2.37. The van der Waals surface area contributed by atoms with Crippen molar-refractivity contribution in [2.24, 2.45) is 11.8 Å². The van der Waals surface area contributed by atoms with Crippen LogP contribution in [0.4, 0.5) is 0 Å². The SMILES string of the molecule is CCOC(=O)C(C[C@H]1C(=O)OC(C(=O)OC)=C[C@H]1c1ccccc1)C(=O)OCC. The van der Waals surface area contributed by atoms with E-state index in [2.05, 4.69) is 4.74 Å². The van der Waals surface area contributed by atoms with E-state index in [1.54, 1.807) is 38.1 Å². The second-order valence-corrected chi connectivity index (χ2v) is 6.28. The Labute approximate surface area is 168 Å². The molecule has 29 heavy (non-hydrogen) atoms. The molecule has 8 heteroatoms. The molecule has 1 aromatic carbocycles. The molecule has 8 nitrogen and oxygen atoms in total. The number of hydrogen-bond donors (Lipinski definition) is 0. The third-order valence-corrected chi connectivity index (χ3v) is 4.48. The molecule has 2 rings (SSSR count). The van der Waals surface area contributed by atoms with E-state index in [4.69, 9.17) is 14.2 Å². The third kappa shape index (κ3) is 5.43. The fourth-order valence-electron chi connectivity index (χ4n) is 3.13. The number of ether oxygens (including phenoxy) is 4. The quantitative estimate of drug-likeness (QED) is 0.369. The van der Waals surface area contributed by atoms with E-state index in [0.717, 1.165) is 5.56 Å². The van der Waals surface area contributed by atoms with E-state index >= 15 is 0 Å². The highest BCUT2D eigenvalue weighted by molar-refractivity contribution is 5.96. The Bertz CT molecular complexity index is 765. The van der Waals surface area contributed by atoms with Gasteiger partial charge in [-0.3, -0.25) is 14.4 Å². The van der Waals surface area contributed by atoms with Crippen molar-refractivity contribution in [3.8, 4) is 0 Å². The molecule has 0 radical (unpaired) electrons. The lowest BCUT2D eigenvalue weighted by atomic mass is 9.78. The van der Waals surface area contributed by atoms with Gasteiger partial charge in [-0.15, -0.1) is 0 Å². The monoisotopic (exact) mass is 404 g/mol. The Morgan fingerprint density at radius 2 is 1.62 bits per heavy atom. The summed E-state index contributed by atoms with van der Waals surface area (Å²) in [7, 11) is 1.18. The summed E-state index contributed by atoms with van der Waals surface area (Å²) in [5, 5.41) is 0. The summed E-state index contributed by atoms with van der Waals surface area (Å²) in [6, 6.07) is 8.94. The highest BCUT2D eigenvalue weighted by atomic mass is 16.6. The number of benzene rings is 1. The zero-order valence-electron chi connectivity index (χ0n) is 16.6. The summed E-state index contributed by atoms with van der Waals surface area (Å²) in [6.45, 7) is 3.40. The average Bonchev–Trinajstić information content (AvgIpc) is 2.72. The lowest BCUT2D eigenvalue weighted by Gasteiger charge is -2.30. The van der Waals surface area contributed by atoms with Gasteiger partial charge in [-0.05, 0) is 31.9 Å². The molecular formula is C21H24O8. The zero-order chi connectivity index (χ0) is 21.4. The lowest BCUT2D eigenvalue weighted by molar-refractivity contribution is -0.164. The van der Waals surface area contributed by atoms with Gasteiger partial charge in [0, 0.05) is 5.92 Å². The molecule has 0 unspecified atom stereocenters. The van der Waals surface area contributed by atoms with Crippen molar-refractivity contribution < 1.29 is 38.1 Å². The molecule has 1 heterocycles. The number of carbonyl (C=O) groups excluding carboxylic acids is 4. The number of carbonyl (C=O) groups is 4. The topological polar surface area (TPSA) is 105 Å². The Kier molecular flexibility index (Phi) is 7.94. The number of rotatable bonds is 8. The van der Waals surface area contributed by atoms with Gasteiger partial charge >= 0.3 is 23.9 Å². The first-order valence-corrected chi connectivity index (χ1v) is 9.32. The molecule has 156 valence electrons. The summed E-state index contributed by atoms with van der Waals surface area (Å²) in [4.78, 5) is 49.3. The minimum Gasteiger partial charge on any atom is -0.465 e. The first-order valence-electron chi connectivity index (χ1n) is 9.32. The normalized spacial score (nSPS) is 18.5. The zero-order valence-corrected chi connectivity index (χ0v) is 16.6. The van der Waals surface area contributed by atoms with Crippen molar-refractivity contribution in [2.75, 3.05) is 20.3 Å². The molecule has 1 aliphatic rings. The molecule has 0 bridgehead atoms. The van der Waals surface area contributed by atoms with Crippen LogP contribution in [-0.2, 0) is 38.1 Å². The van der Waals surface area contributed by atoms with Crippen LogP contribution in [0.3, 0.4) is 0 Å². The minimum absolute atomic E-state index is 0.0817. The van der Waals surface area contributed by atoms with Crippen LogP contribution in [0.5, 0.6) is 0 Å². The second-order valence-electron chi connectivity index (χ2n) is 6.28. The van der Waals surface area contributed by atoms with Gasteiger partial charge in [-0.1, -0.05) is 30.3 Å². The first kappa shape index (κ1) is 22.1. The van der Waals surface area contributed by atoms with E-state index in [9.17, 15) is 19.2 Å². The molecule has 1 aliphatic heterocycles. The molecule has 0 aromatic heterocycles. The Hall–Kier alpha value is -3.16. The number of allylic oxidation sites excluding steroid dienone is 1. The smallest absolute Gasteiger partial charge is 0.373 e. The number of esters is 4. The molecule has 0 spiro atoms. The van der Waals surface area contributed by atoms with E-state index < -0.39 is 41.6 Å². The van der Waals surface area contributed by atoms with Crippen LogP contribution in [0.25, 0.3) is 0 Å². The van der Waals surface area contributed by atoms with E-state index in [1.165, 1.54) is 13.2 Å². The standard InChI is InChI=1S/C21H24O8/c1-4-27-18(22)16(19(23)28-5-2)11-15-14(13-9-7-6-8-10-13)12-17(21(25)26-3)29-20(15)24/h6-10,12,14-16H,4-5,11H2,1-3H3/t14-,15+/m0/s1. The van der Waals surface area contributed by atoms with Crippen LogP contribution in [0.15, 0.2) is 42.2 Å². The Morgan fingerprint density at radius 1 is 1.03 bits per heavy atom. The van der Waals surface area contributed by atoms with Crippen molar-refractivity contribution >= 4 is 23.9 Å². The van der Waals surface area contributed by atoms with Gasteiger partial charge in [-0.2, -0.15) is 0 Å². The average molecular weight is 404 g/mol. The van der Waals surface area contributed by atoms with Crippen molar-refractivity contribution in [2.45, 2.75) is 26.2 Å². The van der Waals surface area contributed by atoms with Gasteiger partial charge in [0.1, 0.15) is 0 Å². The van der Waals surface area contributed by atoms with Crippen LogP contribution in [0, 0.1) is 11.8 Å². The summed E-state index contributed by atoms with van der Waals surface area (Å²) >= 11 is 0. The van der Waals surface area contributed by atoms with Crippen molar-refractivity contribution in [3.63, 3.8) is 0 Å². The second kappa shape index (κ2) is 10.4. The number of cyclic esters (lactones) is 1. The van der Waals surface area contributed by atoms with Gasteiger partial charge in [0.15, 0.2) is 5.92 Å². The van der Waals surface area contributed by atoms with E-state index in [0.29, 0.717) is 0 Å². The first-order chi connectivity index (χ1) is 13.9.